The van der Waals surface area contributed by atoms with Gasteiger partial charge in [0.05, 0.1) is 19.8 Å². The van der Waals surface area contributed by atoms with Crippen molar-refractivity contribution in [1.82, 2.24) is 0 Å². The first-order valence-corrected chi connectivity index (χ1v) is 8.79. The molecule has 0 atom stereocenters. The van der Waals surface area contributed by atoms with Gasteiger partial charge in [-0.3, -0.25) is 0 Å². The van der Waals surface area contributed by atoms with Crippen molar-refractivity contribution < 1.29 is 14.2 Å². The van der Waals surface area contributed by atoms with Crippen molar-refractivity contribution >= 4 is 16.5 Å². The molecule has 2 aromatic rings. The summed E-state index contributed by atoms with van der Waals surface area (Å²) in [5, 5.41) is 2.39. The maximum atomic E-state index is 5.97. The van der Waals surface area contributed by atoms with Crippen LogP contribution in [0.4, 0.5) is 5.69 Å². The molecule has 5 rings (SSSR count). The maximum absolute atomic E-state index is 5.97. The van der Waals surface area contributed by atoms with Crippen LogP contribution in [0.1, 0.15) is 26.3 Å². The number of anilines is 1. The molecule has 0 N–H and O–H groups in total. The first kappa shape index (κ1) is 15.9. The summed E-state index contributed by atoms with van der Waals surface area (Å²) in [5.74, 6) is -1.03. The highest BCUT2D eigenvalue weighted by Gasteiger charge is 2.51. The summed E-state index contributed by atoms with van der Waals surface area (Å²) in [6, 6.07) is 12.9. The van der Waals surface area contributed by atoms with E-state index in [2.05, 4.69) is 56.0 Å². The predicted octanol–water partition coefficient (Wildman–Crippen LogP) is 3.88. The van der Waals surface area contributed by atoms with Crippen LogP contribution in [0, 0.1) is 5.41 Å². The second kappa shape index (κ2) is 5.73. The van der Waals surface area contributed by atoms with E-state index in [1.54, 1.807) is 0 Å². The maximum Gasteiger partial charge on any atom is 0.312 e. The van der Waals surface area contributed by atoms with Crippen molar-refractivity contribution in [2.75, 3.05) is 37.8 Å². The molecule has 24 heavy (non-hydrogen) atoms. The van der Waals surface area contributed by atoms with Crippen molar-refractivity contribution in [2.45, 2.75) is 26.7 Å². The van der Waals surface area contributed by atoms with Crippen molar-refractivity contribution in [3.63, 3.8) is 0 Å². The summed E-state index contributed by atoms with van der Waals surface area (Å²) in [7, 11) is 0. The fourth-order valence-corrected chi connectivity index (χ4v) is 3.52. The third-order valence-corrected chi connectivity index (χ3v) is 5.14. The molecular formula is C20H25NO3. The highest BCUT2D eigenvalue weighted by atomic mass is 16.9. The van der Waals surface area contributed by atoms with Gasteiger partial charge in [-0.25, -0.2) is 0 Å². The Hall–Kier alpha value is -1.62. The number of hydrogen-bond acceptors (Lipinski definition) is 4. The van der Waals surface area contributed by atoms with Crippen LogP contribution in [0.15, 0.2) is 36.4 Å². The monoisotopic (exact) mass is 327 g/mol. The largest absolute Gasteiger partial charge is 0.372 e. The van der Waals surface area contributed by atoms with Gasteiger partial charge in [0.2, 0.25) is 0 Å². The number of ether oxygens (including phenoxy) is 3. The lowest BCUT2D eigenvalue weighted by molar-refractivity contribution is -0.477. The Kier molecular flexibility index (Phi) is 3.79. The van der Waals surface area contributed by atoms with Gasteiger partial charge in [0.15, 0.2) is 0 Å². The predicted molar refractivity (Wildman–Crippen MR) is 95.2 cm³/mol. The number of benzene rings is 2. The Labute approximate surface area is 143 Å². The van der Waals surface area contributed by atoms with Crippen LogP contribution in [0.2, 0.25) is 0 Å². The number of hydrogen-bond donors (Lipinski definition) is 0. The van der Waals surface area contributed by atoms with E-state index in [1.165, 1.54) is 16.5 Å². The normalized spacial score (nSPS) is 29.1. The van der Waals surface area contributed by atoms with Gasteiger partial charge in [0.1, 0.15) is 0 Å². The zero-order valence-corrected chi connectivity index (χ0v) is 14.7. The van der Waals surface area contributed by atoms with Crippen LogP contribution in [0.3, 0.4) is 0 Å². The Balaban J connectivity index is 1.72. The van der Waals surface area contributed by atoms with Gasteiger partial charge in [-0.1, -0.05) is 25.1 Å². The van der Waals surface area contributed by atoms with Crippen LogP contribution in [0.25, 0.3) is 10.8 Å². The molecule has 2 aromatic carbocycles. The topological polar surface area (TPSA) is 30.9 Å². The lowest BCUT2D eigenvalue weighted by atomic mass is 9.91. The number of nitrogens with zero attached hydrogens (tertiary/aromatic N) is 1. The number of rotatable bonds is 4. The molecule has 3 fully saturated rings. The highest BCUT2D eigenvalue weighted by molar-refractivity contribution is 5.86. The Morgan fingerprint density at radius 2 is 1.50 bits per heavy atom. The minimum Gasteiger partial charge on any atom is -0.372 e. The van der Waals surface area contributed by atoms with Crippen LogP contribution < -0.4 is 4.90 Å². The molecule has 3 aliphatic heterocycles. The molecule has 0 aromatic heterocycles. The van der Waals surface area contributed by atoms with Gasteiger partial charge in [-0.05, 0) is 42.8 Å². The summed E-state index contributed by atoms with van der Waals surface area (Å²) >= 11 is 0. The summed E-state index contributed by atoms with van der Waals surface area (Å²) in [6.07, 6.45) is 0. The molecule has 3 heterocycles. The van der Waals surface area contributed by atoms with E-state index in [1.807, 2.05) is 6.07 Å². The molecule has 4 nitrogen and oxygen atoms in total. The van der Waals surface area contributed by atoms with E-state index in [0.717, 1.165) is 18.7 Å². The lowest BCUT2D eigenvalue weighted by Crippen LogP contribution is -2.57. The second-order valence-electron chi connectivity index (χ2n) is 7.15. The van der Waals surface area contributed by atoms with Crippen molar-refractivity contribution in [3.05, 3.63) is 42.0 Å². The zero-order chi connectivity index (χ0) is 16.8. The minimum absolute atomic E-state index is 0.0193. The summed E-state index contributed by atoms with van der Waals surface area (Å²) in [5.41, 5.74) is 2.16. The van der Waals surface area contributed by atoms with Crippen LogP contribution in [-0.4, -0.2) is 32.9 Å². The SMILES string of the molecule is CCN(CC)c1ccc2ccc(C34OCC(C)(CO3)CO4)cc2c1. The molecule has 128 valence electrons. The lowest BCUT2D eigenvalue weighted by Gasteiger charge is -2.50. The smallest absolute Gasteiger partial charge is 0.312 e. The standard InChI is InChI=1S/C20H25NO3/c1-4-21(5-2)18-9-7-15-6-8-17(10-16(15)11-18)20-22-12-19(3,13-23-20)14-24-20/h6-11H,4-5,12-14H2,1-3H3. The quantitative estimate of drug-likeness (QED) is 0.853. The molecule has 4 heteroatoms. The van der Waals surface area contributed by atoms with Gasteiger partial charge in [-0.2, -0.15) is 0 Å². The van der Waals surface area contributed by atoms with Gasteiger partial charge in [0.25, 0.3) is 0 Å². The molecule has 3 aliphatic rings. The third kappa shape index (κ3) is 2.50. The van der Waals surface area contributed by atoms with E-state index < -0.39 is 5.97 Å². The van der Waals surface area contributed by atoms with Crippen LogP contribution in [-0.2, 0) is 20.2 Å². The van der Waals surface area contributed by atoms with Gasteiger partial charge in [0, 0.05) is 29.8 Å². The van der Waals surface area contributed by atoms with E-state index in [-0.39, 0.29) is 5.41 Å². The summed E-state index contributed by atoms with van der Waals surface area (Å²) < 4.78 is 17.9. The number of fused-ring (bicyclic) bond motifs is 4. The fraction of sp³-hybridized carbons (Fsp3) is 0.500. The summed E-state index contributed by atoms with van der Waals surface area (Å²) in [6.45, 7) is 10.5. The van der Waals surface area contributed by atoms with Gasteiger partial charge >= 0.3 is 5.97 Å². The van der Waals surface area contributed by atoms with Crippen LogP contribution in [0.5, 0.6) is 0 Å². The molecule has 0 radical (unpaired) electrons. The van der Waals surface area contributed by atoms with Crippen molar-refractivity contribution in [1.29, 1.82) is 0 Å². The molecule has 0 aliphatic carbocycles. The molecule has 0 unspecified atom stereocenters. The first-order valence-electron chi connectivity index (χ1n) is 8.79. The Morgan fingerprint density at radius 1 is 0.875 bits per heavy atom. The average molecular weight is 327 g/mol. The van der Waals surface area contributed by atoms with E-state index in [0.29, 0.717) is 19.8 Å². The van der Waals surface area contributed by atoms with E-state index >= 15 is 0 Å². The average Bonchev–Trinajstić information content (AvgIpc) is 2.63. The minimum atomic E-state index is -1.03. The molecular weight excluding hydrogens is 302 g/mol. The van der Waals surface area contributed by atoms with Crippen molar-refractivity contribution in [3.8, 4) is 0 Å². The van der Waals surface area contributed by atoms with Gasteiger partial charge < -0.3 is 19.1 Å². The third-order valence-electron chi connectivity index (χ3n) is 5.14. The van der Waals surface area contributed by atoms with E-state index in [9.17, 15) is 0 Å². The highest BCUT2D eigenvalue weighted by Crippen LogP contribution is 2.44. The van der Waals surface area contributed by atoms with Gasteiger partial charge in [-0.15, -0.1) is 0 Å². The molecule has 2 bridgehead atoms. The van der Waals surface area contributed by atoms with E-state index in [4.69, 9.17) is 14.2 Å². The van der Waals surface area contributed by atoms with Crippen LogP contribution >= 0.6 is 0 Å². The molecule has 0 amide bonds. The van der Waals surface area contributed by atoms with Crippen molar-refractivity contribution in [2.24, 2.45) is 5.41 Å². The zero-order valence-electron chi connectivity index (χ0n) is 14.7. The molecule has 0 saturated carbocycles. The molecule has 3 saturated heterocycles. The fourth-order valence-electron chi connectivity index (χ4n) is 3.52. The summed E-state index contributed by atoms with van der Waals surface area (Å²) in [4.78, 5) is 2.35. The molecule has 0 spiro atoms. The first-order chi connectivity index (χ1) is 11.6. The Bertz CT molecular complexity index is 729. The second-order valence-corrected chi connectivity index (χ2v) is 7.15. The Morgan fingerprint density at radius 3 is 2.12 bits per heavy atom.